The molecule has 0 atom stereocenters. The van der Waals surface area contributed by atoms with E-state index in [1.165, 1.54) is 6.20 Å². The van der Waals surface area contributed by atoms with Crippen LogP contribution in [0.4, 0.5) is 0 Å². The highest BCUT2D eigenvalue weighted by Crippen LogP contribution is 2.37. The third kappa shape index (κ3) is 2.50. The van der Waals surface area contributed by atoms with Gasteiger partial charge in [0, 0.05) is 18.9 Å². The fourth-order valence-corrected chi connectivity index (χ4v) is 2.37. The lowest BCUT2D eigenvalue weighted by Gasteiger charge is -2.23. The lowest BCUT2D eigenvalue weighted by atomic mass is 9.86. The van der Waals surface area contributed by atoms with E-state index in [1.54, 1.807) is 18.3 Å². The molecule has 2 rings (SSSR count). The maximum atomic E-state index is 11.8. The van der Waals surface area contributed by atoms with E-state index < -0.39 is 11.4 Å². The van der Waals surface area contributed by atoms with Crippen LogP contribution in [0.25, 0.3) is 0 Å². The van der Waals surface area contributed by atoms with Crippen molar-refractivity contribution in [3.63, 3.8) is 0 Å². The van der Waals surface area contributed by atoms with Gasteiger partial charge in [0.15, 0.2) is 0 Å². The average Bonchev–Trinajstić information content (AvgIpc) is 2.87. The maximum absolute atomic E-state index is 11.8. The Morgan fingerprint density at radius 2 is 2.11 bits per heavy atom. The number of amides is 1. The molecule has 0 spiro atoms. The van der Waals surface area contributed by atoms with Crippen LogP contribution in [-0.4, -0.2) is 28.5 Å². The number of nitrogens with one attached hydrogen (secondary N) is 1. The zero-order valence-corrected chi connectivity index (χ0v) is 10.1. The molecule has 0 radical (unpaired) electrons. The van der Waals surface area contributed by atoms with Gasteiger partial charge in [-0.25, -0.2) is 0 Å². The Morgan fingerprint density at radius 1 is 1.39 bits per heavy atom. The van der Waals surface area contributed by atoms with E-state index in [4.69, 9.17) is 0 Å². The average molecular weight is 248 g/mol. The Labute approximate surface area is 105 Å². The summed E-state index contributed by atoms with van der Waals surface area (Å²) in [5.74, 6) is -1.08. The number of carbonyl (C=O) groups is 2. The molecule has 1 aromatic heterocycles. The number of aliphatic carboxylic acids is 1. The smallest absolute Gasteiger partial charge is 0.311 e. The summed E-state index contributed by atoms with van der Waals surface area (Å²) in [6, 6.07) is 3.34. The first kappa shape index (κ1) is 12.5. The van der Waals surface area contributed by atoms with Crippen LogP contribution >= 0.6 is 0 Å². The normalized spacial score (nSPS) is 17.3. The Balaban J connectivity index is 1.99. The van der Waals surface area contributed by atoms with Crippen molar-refractivity contribution < 1.29 is 14.7 Å². The Morgan fingerprint density at radius 3 is 2.67 bits per heavy atom. The molecule has 0 unspecified atom stereocenters. The fourth-order valence-electron chi connectivity index (χ4n) is 2.37. The molecule has 1 aliphatic carbocycles. The predicted octanol–water partition coefficient (Wildman–Crippen LogP) is 1.46. The lowest BCUT2D eigenvalue weighted by molar-refractivity contribution is -0.148. The highest BCUT2D eigenvalue weighted by Gasteiger charge is 2.41. The number of pyridine rings is 1. The van der Waals surface area contributed by atoms with Crippen molar-refractivity contribution in [2.24, 2.45) is 5.41 Å². The summed E-state index contributed by atoms with van der Waals surface area (Å²) in [4.78, 5) is 27.0. The van der Waals surface area contributed by atoms with E-state index in [9.17, 15) is 14.7 Å². The third-order valence-corrected chi connectivity index (χ3v) is 3.53. The second kappa shape index (κ2) is 5.16. The molecule has 96 valence electrons. The largest absolute Gasteiger partial charge is 0.481 e. The van der Waals surface area contributed by atoms with Gasteiger partial charge in [-0.15, -0.1) is 0 Å². The predicted molar refractivity (Wildman–Crippen MR) is 65.1 cm³/mol. The van der Waals surface area contributed by atoms with E-state index in [1.807, 2.05) is 0 Å². The number of nitrogens with zero attached hydrogens (tertiary/aromatic N) is 1. The van der Waals surface area contributed by atoms with Crippen LogP contribution in [0.1, 0.15) is 36.0 Å². The van der Waals surface area contributed by atoms with E-state index in [-0.39, 0.29) is 12.5 Å². The molecular weight excluding hydrogens is 232 g/mol. The summed E-state index contributed by atoms with van der Waals surface area (Å²) >= 11 is 0. The van der Waals surface area contributed by atoms with Crippen LogP contribution in [0.5, 0.6) is 0 Å². The zero-order valence-electron chi connectivity index (χ0n) is 10.1. The van der Waals surface area contributed by atoms with Gasteiger partial charge < -0.3 is 10.4 Å². The molecule has 5 nitrogen and oxygen atoms in total. The van der Waals surface area contributed by atoms with Gasteiger partial charge in [-0.05, 0) is 25.0 Å². The summed E-state index contributed by atoms with van der Waals surface area (Å²) in [5.41, 5.74) is -0.325. The second-order valence-corrected chi connectivity index (χ2v) is 4.72. The minimum absolute atomic E-state index is 0.191. The number of carboxylic acids is 1. The van der Waals surface area contributed by atoms with Gasteiger partial charge in [0.2, 0.25) is 0 Å². The number of hydrogen-bond acceptors (Lipinski definition) is 3. The molecular formula is C13H16N2O3. The van der Waals surface area contributed by atoms with Gasteiger partial charge in [-0.1, -0.05) is 12.8 Å². The standard InChI is InChI=1S/C13H16N2O3/c16-11(10-4-3-7-14-8-10)15-9-13(12(17)18)5-1-2-6-13/h3-4,7-8H,1-2,5-6,9H2,(H,15,16)(H,17,18). The molecule has 1 aliphatic rings. The molecule has 0 aliphatic heterocycles. The summed E-state index contributed by atoms with van der Waals surface area (Å²) in [6.07, 6.45) is 6.15. The number of rotatable bonds is 4. The quantitative estimate of drug-likeness (QED) is 0.845. The summed E-state index contributed by atoms with van der Waals surface area (Å²) in [5, 5.41) is 12.0. The Hall–Kier alpha value is -1.91. The van der Waals surface area contributed by atoms with Crippen molar-refractivity contribution in [1.29, 1.82) is 0 Å². The van der Waals surface area contributed by atoms with E-state index in [0.717, 1.165) is 12.8 Å². The summed E-state index contributed by atoms with van der Waals surface area (Å²) < 4.78 is 0. The molecule has 1 saturated carbocycles. The monoisotopic (exact) mass is 248 g/mol. The summed E-state index contributed by atoms with van der Waals surface area (Å²) in [6.45, 7) is 0.191. The molecule has 18 heavy (non-hydrogen) atoms. The number of hydrogen-bond donors (Lipinski definition) is 2. The maximum Gasteiger partial charge on any atom is 0.311 e. The SMILES string of the molecule is O=C(NCC1(C(=O)O)CCCC1)c1cccnc1. The van der Waals surface area contributed by atoms with Crippen molar-refractivity contribution >= 4 is 11.9 Å². The molecule has 0 bridgehead atoms. The molecule has 5 heteroatoms. The van der Waals surface area contributed by atoms with Crippen molar-refractivity contribution in [1.82, 2.24) is 10.3 Å². The highest BCUT2D eigenvalue weighted by atomic mass is 16.4. The van der Waals surface area contributed by atoms with E-state index in [2.05, 4.69) is 10.3 Å². The van der Waals surface area contributed by atoms with Gasteiger partial charge in [-0.2, -0.15) is 0 Å². The Bertz CT molecular complexity index is 439. The topological polar surface area (TPSA) is 79.3 Å². The van der Waals surface area contributed by atoms with Crippen molar-refractivity contribution in [3.05, 3.63) is 30.1 Å². The highest BCUT2D eigenvalue weighted by molar-refractivity contribution is 5.94. The van der Waals surface area contributed by atoms with Gasteiger partial charge >= 0.3 is 5.97 Å². The van der Waals surface area contributed by atoms with Crippen LogP contribution in [0.3, 0.4) is 0 Å². The third-order valence-electron chi connectivity index (χ3n) is 3.53. The first-order chi connectivity index (χ1) is 8.64. The van der Waals surface area contributed by atoms with Crippen molar-refractivity contribution in [2.75, 3.05) is 6.54 Å². The zero-order chi connectivity index (χ0) is 13.0. The number of aromatic nitrogens is 1. The molecule has 0 saturated heterocycles. The van der Waals surface area contributed by atoms with Gasteiger partial charge in [-0.3, -0.25) is 14.6 Å². The van der Waals surface area contributed by atoms with Gasteiger partial charge in [0.25, 0.3) is 5.91 Å². The van der Waals surface area contributed by atoms with Crippen LogP contribution in [-0.2, 0) is 4.79 Å². The fraction of sp³-hybridized carbons (Fsp3) is 0.462. The van der Waals surface area contributed by atoms with Crippen molar-refractivity contribution in [3.8, 4) is 0 Å². The van der Waals surface area contributed by atoms with Crippen LogP contribution in [0.15, 0.2) is 24.5 Å². The second-order valence-electron chi connectivity index (χ2n) is 4.72. The van der Waals surface area contributed by atoms with Gasteiger partial charge in [0.05, 0.1) is 11.0 Å². The molecule has 1 aromatic rings. The lowest BCUT2D eigenvalue weighted by Crippen LogP contribution is -2.41. The summed E-state index contributed by atoms with van der Waals surface area (Å²) in [7, 11) is 0. The van der Waals surface area contributed by atoms with E-state index in [0.29, 0.717) is 18.4 Å². The van der Waals surface area contributed by atoms with Crippen LogP contribution in [0, 0.1) is 5.41 Å². The number of carboxylic acid groups (broad SMARTS) is 1. The van der Waals surface area contributed by atoms with Gasteiger partial charge in [0.1, 0.15) is 0 Å². The molecule has 1 heterocycles. The molecule has 2 N–H and O–H groups in total. The minimum atomic E-state index is -0.813. The molecule has 1 amide bonds. The minimum Gasteiger partial charge on any atom is -0.481 e. The first-order valence-corrected chi connectivity index (χ1v) is 6.06. The first-order valence-electron chi connectivity index (χ1n) is 6.06. The van der Waals surface area contributed by atoms with Crippen LogP contribution in [0.2, 0.25) is 0 Å². The van der Waals surface area contributed by atoms with Crippen molar-refractivity contribution in [2.45, 2.75) is 25.7 Å². The Kier molecular flexibility index (Phi) is 3.60. The molecule has 0 aromatic carbocycles. The van der Waals surface area contributed by atoms with Crippen LogP contribution < -0.4 is 5.32 Å². The molecule has 1 fully saturated rings. The number of carbonyl (C=O) groups excluding carboxylic acids is 1. The van der Waals surface area contributed by atoms with E-state index >= 15 is 0 Å².